The normalized spacial score (nSPS) is 11.4. The Labute approximate surface area is 176 Å². The highest BCUT2D eigenvalue weighted by Gasteiger charge is 2.20. The van der Waals surface area contributed by atoms with E-state index in [2.05, 4.69) is 30.8 Å². The largest absolute Gasteiger partial charge is 0.416 e. The first-order valence-electron chi connectivity index (χ1n) is 8.71. The van der Waals surface area contributed by atoms with Crippen LogP contribution >= 0.6 is 15.9 Å². The van der Waals surface area contributed by atoms with Crippen LogP contribution in [0.15, 0.2) is 86.6 Å². The molecule has 4 rings (SSSR count). The number of aryl methyl sites for hydroxylation is 1. The number of hydrogen-bond acceptors (Lipinski definition) is 5. The molecule has 0 amide bonds. The van der Waals surface area contributed by atoms with Crippen LogP contribution in [0.1, 0.15) is 5.56 Å². The molecule has 0 radical (unpaired) electrons. The fraction of sp³-hybridized carbons (Fsp3) is 0.0476. The number of anilines is 1. The molecule has 1 N–H and O–H groups in total. The standard InChI is InChI=1S/C21H16BrN3O3S/c1-14-7-10-17(11-8-14)29(26,27)25-19-12-9-16(22)13-18(19)21-24-23-20(28-21)15-5-3-2-4-6-15/h2-13,25H,1H3. The maximum absolute atomic E-state index is 12.8. The molecule has 6 nitrogen and oxygen atoms in total. The summed E-state index contributed by atoms with van der Waals surface area (Å²) in [5.74, 6) is 0.569. The van der Waals surface area contributed by atoms with Crippen molar-refractivity contribution in [2.24, 2.45) is 0 Å². The first kappa shape index (κ1) is 19.4. The van der Waals surface area contributed by atoms with E-state index in [0.29, 0.717) is 17.1 Å². The van der Waals surface area contributed by atoms with E-state index in [0.717, 1.165) is 15.6 Å². The van der Waals surface area contributed by atoms with Gasteiger partial charge in [0.05, 0.1) is 16.1 Å². The second-order valence-electron chi connectivity index (χ2n) is 6.39. The molecule has 29 heavy (non-hydrogen) atoms. The molecule has 146 valence electrons. The molecule has 0 aliphatic heterocycles. The van der Waals surface area contributed by atoms with E-state index in [9.17, 15) is 8.42 Å². The van der Waals surface area contributed by atoms with Crippen molar-refractivity contribution < 1.29 is 12.8 Å². The van der Waals surface area contributed by atoms with E-state index in [-0.39, 0.29) is 10.8 Å². The van der Waals surface area contributed by atoms with Crippen LogP contribution in [-0.2, 0) is 10.0 Å². The molecular weight excluding hydrogens is 454 g/mol. The Morgan fingerprint density at radius 2 is 1.59 bits per heavy atom. The fourth-order valence-electron chi connectivity index (χ4n) is 2.73. The Bertz CT molecular complexity index is 1250. The summed E-state index contributed by atoms with van der Waals surface area (Å²) in [6.07, 6.45) is 0. The fourth-order valence-corrected chi connectivity index (χ4v) is 4.17. The number of nitrogens with one attached hydrogen (secondary N) is 1. The van der Waals surface area contributed by atoms with Gasteiger partial charge in [-0.25, -0.2) is 8.42 Å². The molecule has 0 aliphatic rings. The van der Waals surface area contributed by atoms with Crippen LogP contribution in [0.25, 0.3) is 22.9 Å². The van der Waals surface area contributed by atoms with Crippen LogP contribution in [-0.4, -0.2) is 18.6 Å². The van der Waals surface area contributed by atoms with Crippen LogP contribution in [0.3, 0.4) is 0 Å². The Kier molecular flexibility index (Phi) is 5.21. The number of nitrogens with zero attached hydrogens (tertiary/aromatic N) is 2. The van der Waals surface area contributed by atoms with Gasteiger partial charge < -0.3 is 4.42 Å². The zero-order valence-corrected chi connectivity index (χ0v) is 17.7. The predicted molar refractivity (Wildman–Crippen MR) is 115 cm³/mol. The molecule has 0 bridgehead atoms. The predicted octanol–water partition coefficient (Wildman–Crippen LogP) is 5.28. The van der Waals surface area contributed by atoms with Crippen molar-refractivity contribution in [2.45, 2.75) is 11.8 Å². The minimum Gasteiger partial charge on any atom is -0.416 e. The lowest BCUT2D eigenvalue weighted by molar-refractivity contribution is 0.585. The van der Waals surface area contributed by atoms with Crippen LogP contribution in [0.2, 0.25) is 0 Å². The van der Waals surface area contributed by atoms with Gasteiger partial charge in [0, 0.05) is 10.0 Å². The third-order valence-corrected chi connectivity index (χ3v) is 6.11. The van der Waals surface area contributed by atoms with E-state index in [1.807, 2.05) is 37.3 Å². The van der Waals surface area contributed by atoms with Crippen molar-refractivity contribution in [1.82, 2.24) is 10.2 Å². The summed E-state index contributed by atoms with van der Waals surface area (Å²) >= 11 is 3.41. The second-order valence-corrected chi connectivity index (χ2v) is 8.98. The quantitative estimate of drug-likeness (QED) is 0.429. The second kappa shape index (κ2) is 7.81. The minimum atomic E-state index is -3.77. The Morgan fingerprint density at radius 3 is 2.31 bits per heavy atom. The molecule has 0 atom stereocenters. The van der Waals surface area contributed by atoms with Crippen molar-refractivity contribution in [2.75, 3.05) is 4.72 Å². The lowest BCUT2D eigenvalue weighted by atomic mass is 10.2. The SMILES string of the molecule is Cc1ccc(S(=O)(=O)Nc2ccc(Br)cc2-c2nnc(-c3ccccc3)o2)cc1. The van der Waals surface area contributed by atoms with Gasteiger partial charge in [-0.3, -0.25) is 4.72 Å². The van der Waals surface area contributed by atoms with Crippen LogP contribution in [0.5, 0.6) is 0 Å². The smallest absolute Gasteiger partial charge is 0.261 e. The summed E-state index contributed by atoms with van der Waals surface area (Å²) in [5.41, 5.74) is 2.58. The van der Waals surface area contributed by atoms with Gasteiger partial charge in [0.2, 0.25) is 11.8 Å². The average Bonchev–Trinajstić information content (AvgIpc) is 3.20. The van der Waals surface area contributed by atoms with Gasteiger partial charge in [-0.2, -0.15) is 0 Å². The highest BCUT2D eigenvalue weighted by atomic mass is 79.9. The number of rotatable bonds is 5. The van der Waals surface area contributed by atoms with E-state index in [1.165, 1.54) is 0 Å². The lowest BCUT2D eigenvalue weighted by Gasteiger charge is -2.11. The number of hydrogen-bond donors (Lipinski definition) is 1. The van der Waals surface area contributed by atoms with Crippen LogP contribution in [0, 0.1) is 6.92 Å². The maximum atomic E-state index is 12.8. The van der Waals surface area contributed by atoms with E-state index in [4.69, 9.17) is 4.42 Å². The number of sulfonamides is 1. The topological polar surface area (TPSA) is 85.1 Å². The van der Waals surface area contributed by atoms with Crippen molar-refractivity contribution in [3.63, 3.8) is 0 Å². The first-order chi connectivity index (χ1) is 13.9. The molecule has 0 fully saturated rings. The van der Waals surface area contributed by atoms with Crippen molar-refractivity contribution in [3.05, 3.63) is 82.8 Å². The van der Waals surface area contributed by atoms with Crippen LogP contribution in [0.4, 0.5) is 5.69 Å². The van der Waals surface area contributed by atoms with Crippen molar-refractivity contribution in [1.29, 1.82) is 0 Å². The molecule has 0 unspecified atom stereocenters. The van der Waals surface area contributed by atoms with Gasteiger partial charge in [0.25, 0.3) is 10.0 Å². The Balaban J connectivity index is 1.72. The number of benzene rings is 3. The Hall–Kier alpha value is -2.97. The summed E-state index contributed by atoms with van der Waals surface area (Å²) in [6, 6.07) is 21.1. The zero-order chi connectivity index (χ0) is 20.4. The van der Waals surface area contributed by atoms with E-state index >= 15 is 0 Å². The Morgan fingerprint density at radius 1 is 0.897 bits per heavy atom. The molecule has 8 heteroatoms. The van der Waals surface area contributed by atoms with Gasteiger partial charge in [0.15, 0.2) is 0 Å². The summed E-state index contributed by atoms with van der Waals surface area (Å²) in [4.78, 5) is 0.174. The number of halogens is 1. The number of aromatic nitrogens is 2. The monoisotopic (exact) mass is 469 g/mol. The van der Waals surface area contributed by atoms with Gasteiger partial charge in [-0.05, 0) is 49.4 Å². The van der Waals surface area contributed by atoms with E-state index < -0.39 is 10.0 Å². The molecular formula is C21H16BrN3O3S. The molecule has 0 saturated carbocycles. The highest BCUT2D eigenvalue weighted by Crippen LogP contribution is 2.33. The first-order valence-corrected chi connectivity index (χ1v) is 11.0. The third kappa shape index (κ3) is 4.23. The third-order valence-electron chi connectivity index (χ3n) is 4.23. The summed E-state index contributed by atoms with van der Waals surface area (Å²) in [6.45, 7) is 1.90. The summed E-state index contributed by atoms with van der Waals surface area (Å²) in [5, 5.41) is 8.20. The molecule has 1 heterocycles. The van der Waals surface area contributed by atoms with Gasteiger partial charge >= 0.3 is 0 Å². The molecule has 0 saturated heterocycles. The van der Waals surface area contributed by atoms with Gasteiger partial charge in [0.1, 0.15) is 0 Å². The van der Waals surface area contributed by atoms with Crippen molar-refractivity contribution >= 4 is 31.6 Å². The molecule has 3 aromatic carbocycles. The zero-order valence-electron chi connectivity index (χ0n) is 15.3. The van der Waals surface area contributed by atoms with Gasteiger partial charge in [-0.1, -0.05) is 51.8 Å². The van der Waals surface area contributed by atoms with Crippen LogP contribution < -0.4 is 4.72 Å². The summed E-state index contributed by atoms with van der Waals surface area (Å²) < 4.78 is 34.8. The van der Waals surface area contributed by atoms with Crippen molar-refractivity contribution in [3.8, 4) is 22.9 Å². The molecule has 0 spiro atoms. The highest BCUT2D eigenvalue weighted by molar-refractivity contribution is 9.10. The molecule has 0 aliphatic carbocycles. The summed E-state index contributed by atoms with van der Waals surface area (Å²) in [7, 11) is -3.77. The maximum Gasteiger partial charge on any atom is 0.261 e. The minimum absolute atomic E-state index is 0.174. The average molecular weight is 470 g/mol. The van der Waals surface area contributed by atoms with E-state index in [1.54, 1.807) is 42.5 Å². The molecule has 1 aromatic heterocycles. The van der Waals surface area contributed by atoms with Gasteiger partial charge in [-0.15, -0.1) is 10.2 Å². The lowest BCUT2D eigenvalue weighted by Crippen LogP contribution is -2.13. The molecule has 4 aromatic rings.